The van der Waals surface area contributed by atoms with Crippen molar-refractivity contribution in [2.45, 2.75) is 6.92 Å². The first-order valence-corrected chi connectivity index (χ1v) is 11.1. The Hall–Kier alpha value is -4.08. The van der Waals surface area contributed by atoms with E-state index in [0.29, 0.717) is 60.4 Å². The van der Waals surface area contributed by atoms with Crippen molar-refractivity contribution >= 4 is 17.5 Å². The highest BCUT2D eigenvalue weighted by Gasteiger charge is 2.23. The second-order valence-electron chi connectivity index (χ2n) is 8.06. The molecule has 0 bridgehead atoms. The van der Waals surface area contributed by atoms with Crippen molar-refractivity contribution in [3.8, 4) is 28.5 Å². The van der Waals surface area contributed by atoms with Crippen LogP contribution in [0.5, 0.6) is 17.2 Å². The molecule has 0 unspecified atom stereocenters. The number of benzene rings is 2. The zero-order valence-corrected chi connectivity index (χ0v) is 20.2. The Kier molecular flexibility index (Phi) is 7.19. The summed E-state index contributed by atoms with van der Waals surface area (Å²) < 4.78 is 30.0. The summed E-state index contributed by atoms with van der Waals surface area (Å²) in [5.41, 5.74) is 2.42. The number of aryl methyl sites for hydroxylation is 1. The van der Waals surface area contributed by atoms with E-state index in [2.05, 4.69) is 20.4 Å². The fourth-order valence-electron chi connectivity index (χ4n) is 3.89. The zero-order chi connectivity index (χ0) is 24.9. The quantitative estimate of drug-likeness (QED) is 0.570. The molecule has 2 aromatic carbocycles. The molecule has 9 nitrogen and oxygen atoms in total. The first-order valence-electron chi connectivity index (χ1n) is 11.1. The molecule has 1 aliphatic rings. The number of methoxy groups -OCH3 is 3. The Labute approximate surface area is 203 Å². The first-order chi connectivity index (χ1) is 16.9. The SMILES string of the molecule is COc1cc(-c2ccc(N3CCN(C(=O)Nc4ccc(C)c(F)c4)CC3)nn2)cc(OC)c1OC. The van der Waals surface area contributed by atoms with Crippen molar-refractivity contribution in [1.29, 1.82) is 0 Å². The van der Waals surface area contributed by atoms with Gasteiger partial charge in [-0.05, 0) is 48.9 Å². The highest BCUT2D eigenvalue weighted by atomic mass is 19.1. The summed E-state index contributed by atoms with van der Waals surface area (Å²) in [6, 6.07) is 11.8. The molecular formula is C25H28FN5O4. The minimum atomic E-state index is -0.346. The summed E-state index contributed by atoms with van der Waals surface area (Å²) in [5.74, 6) is 1.96. The Morgan fingerprint density at radius 1 is 0.914 bits per heavy atom. The number of aromatic nitrogens is 2. The molecule has 0 saturated carbocycles. The molecule has 1 aromatic heterocycles. The summed E-state index contributed by atoms with van der Waals surface area (Å²) in [6.07, 6.45) is 0. The van der Waals surface area contributed by atoms with E-state index in [4.69, 9.17) is 14.2 Å². The van der Waals surface area contributed by atoms with Crippen molar-refractivity contribution in [2.24, 2.45) is 0 Å². The largest absolute Gasteiger partial charge is 0.493 e. The van der Waals surface area contributed by atoms with Crippen LogP contribution >= 0.6 is 0 Å². The van der Waals surface area contributed by atoms with Gasteiger partial charge in [0, 0.05) is 37.4 Å². The van der Waals surface area contributed by atoms with Gasteiger partial charge in [-0.25, -0.2) is 9.18 Å². The fourth-order valence-corrected chi connectivity index (χ4v) is 3.89. The Morgan fingerprint density at radius 3 is 2.14 bits per heavy atom. The van der Waals surface area contributed by atoms with Crippen molar-refractivity contribution in [3.63, 3.8) is 0 Å². The van der Waals surface area contributed by atoms with Gasteiger partial charge in [0.05, 0.1) is 27.0 Å². The highest BCUT2D eigenvalue weighted by Crippen LogP contribution is 2.40. The number of piperazine rings is 1. The number of hydrogen-bond donors (Lipinski definition) is 1. The van der Waals surface area contributed by atoms with Crippen molar-refractivity contribution in [1.82, 2.24) is 15.1 Å². The summed E-state index contributed by atoms with van der Waals surface area (Å²) in [7, 11) is 4.68. The first kappa shape index (κ1) is 24.1. The number of hydrogen-bond acceptors (Lipinski definition) is 7. The highest BCUT2D eigenvalue weighted by molar-refractivity contribution is 5.89. The van der Waals surface area contributed by atoms with Crippen LogP contribution in [0.25, 0.3) is 11.3 Å². The van der Waals surface area contributed by atoms with E-state index >= 15 is 0 Å². The van der Waals surface area contributed by atoms with Gasteiger partial charge in [0.15, 0.2) is 17.3 Å². The van der Waals surface area contributed by atoms with Crippen molar-refractivity contribution < 1.29 is 23.4 Å². The van der Waals surface area contributed by atoms with Crippen LogP contribution in [0.1, 0.15) is 5.56 Å². The molecular weight excluding hydrogens is 453 g/mol. The molecule has 35 heavy (non-hydrogen) atoms. The molecule has 0 spiro atoms. The fraction of sp³-hybridized carbons (Fsp3) is 0.320. The summed E-state index contributed by atoms with van der Waals surface area (Å²) in [6.45, 7) is 3.91. The van der Waals surface area contributed by atoms with Crippen LogP contribution in [0.3, 0.4) is 0 Å². The van der Waals surface area contributed by atoms with E-state index in [1.165, 1.54) is 6.07 Å². The Bertz CT molecular complexity index is 1170. The molecule has 0 atom stereocenters. The molecule has 1 N–H and O–H groups in total. The summed E-state index contributed by atoms with van der Waals surface area (Å²) in [5, 5.41) is 11.5. The van der Waals surface area contributed by atoms with E-state index in [1.54, 1.807) is 45.3 Å². The Morgan fingerprint density at radius 2 is 1.60 bits per heavy atom. The summed E-state index contributed by atoms with van der Waals surface area (Å²) >= 11 is 0. The van der Waals surface area contributed by atoms with Crippen LogP contribution in [0.2, 0.25) is 0 Å². The minimum absolute atomic E-state index is 0.253. The average molecular weight is 482 g/mol. The molecule has 0 radical (unpaired) electrons. The molecule has 3 aromatic rings. The van der Waals surface area contributed by atoms with Gasteiger partial charge >= 0.3 is 6.03 Å². The lowest BCUT2D eigenvalue weighted by atomic mass is 10.1. The molecule has 2 heterocycles. The predicted molar refractivity (Wildman–Crippen MR) is 131 cm³/mol. The number of amides is 2. The van der Waals surface area contributed by atoms with Gasteiger partial charge in [-0.1, -0.05) is 6.07 Å². The standard InChI is InChI=1S/C25H28FN5O4/c1-16-5-6-18(15-19(16)26)27-25(32)31-11-9-30(10-12-31)23-8-7-20(28-29-23)17-13-21(33-2)24(35-4)22(14-17)34-3/h5-8,13-15H,9-12H2,1-4H3,(H,27,32). The number of nitrogens with one attached hydrogen (secondary N) is 1. The second kappa shape index (κ2) is 10.5. The smallest absolute Gasteiger partial charge is 0.321 e. The van der Waals surface area contributed by atoms with E-state index in [0.717, 1.165) is 11.4 Å². The summed E-state index contributed by atoms with van der Waals surface area (Å²) in [4.78, 5) is 16.3. The molecule has 1 saturated heterocycles. The topological polar surface area (TPSA) is 89.1 Å². The van der Waals surface area contributed by atoms with Gasteiger partial charge < -0.3 is 29.3 Å². The molecule has 184 valence electrons. The van der Waals surface area contributed by atoms with E-state index in [9.17, 15) is 9.18 Å². The molecule has 2 amide bonds. The number of carbonyl (C=O) groups is 1. The van der Waals surface area contributed by atoms with Crippen LogP contribution in [0.4, 0.5) is 20.7 Å². The van der Waals surface area contributed by atoms with E-state index in [1.807, 2.05) is 24.3 Å². The van der Waals surface area contributed by atoms with Gasteiger partial charge in [0.2, 0.25) is 5.75 Å². The van der Waals surface area contributed by atoms with Crippen LogP contribution in [-0.2, 0) is 0 Å². The number of rotatable bonds is 6. The lowest BCUT2D eigenvalue weighted by Crippen LogP contribution is -2.50. The van der Waals surface area contributed by atoms with Gasteiger partial charge in [-0.15, -0.1) is 10.2 Å². The Balaban J connectivity index is 1.39. The third kappa shape index (κ3) is 5.21. The van der Waals surface area contributed by atoms with Gasteiger partial charge in [-0.2, -0.15) is 0 Å². The van der Waals surface area contributed by atoms with E-state index in [-0.39, 0.29) is 11.8 Å². The van der Waals surface area contributed by atoms with Crippen LogP contribution in [0, 0.1) is 12.7 Å². The van der Waals surface area contributed by atoms with Gasteiger partial charge in [0.25, 0.3) is 0 Å². The average Bonchev–Trinajstić information content (AvgIpc) is 2.90. The predicted octanol–water partition coefficient (Wildman–Crippen LogP) is 3.97. The zero-order valence-electron chi connectivity index (χ0n) is 20.2. The molecule has 1 aliphatic heterocycles. The molecule has 4 rings (SSSR count). The van der Waals surface area contributed by atoms with Crippen molar-refractivity contribution in [3.05, 3.63) is 53.8 Å². The van der Waals surface area contributed by atoms with Gasteiger partial charge in [-0.3, -0.25) is 0 Å². The maximum Gasteiger partial charge on any atom is 0.321 e. The number of nitrogens with zero attached hydrogens (tertiary/aromatic N) is 4. The molecule has 1 fully saturated rings. The number of anilines is 2. The molecule has 10 heteroatoms. The lowest BCUT2D eigenvalue weighted by Gasteiger charge is -2.35. The third-order valence-electron chi connectivity index (χ3n) is 5.92. The van der Waals surface area contributed by atoms with Crippen LogP contribution in [-0.4, -0.2) is 68.6 Å². The third-order valence-corrected chi connectivity index (χ3v) is 5.92. The van der Waals surface area contributed by atoms with E-state index < -0.39 is 0 Å². The number of halogens is 1. The maximum absolute atomic E-state index is 13.8. The van der Waals surface area contributed by atoms with Crippen molar-refractivity contribution in [2.75, 3.05) is 57.7 Å². The normalized spacial score (nSPS) is 13.4. The lowest BCUT2D eigenvalue weighted by molar-refractivity contribution is 0.208. The second-order valence-corrected chi connectivity index (χ2v) is 8.06. The number of carbonyl (C=O) groups excluding carboxylic acids is 1. The minimum Gasteiger partial charge on any atom is -0.493 e. The van der Waals surface area contributed by atoms with Crippen LogP contribution in [0.15, 0.2) is 42.5 Å². The monoisotopic (exact) mass is 481 g/mol. The molecule has 0 aliphatic carbocycles. The number of urea groups is 1. The van der Waals surface area contributed by atoms with Gasteiger partial charge in [0.1, 0.15) is 5.82 Å². The number of ether oxygens (including phenoxy) is 3. The maximum atomic E-state index is 13.8. The van der Waals surface area contributed by atoms with Crippen LogP contribution < -0.4 is 24.4 Å².